The van der Waals surface area contributed by atoms with Crippen LogP contribution < -0.4 is 9.47 Å². The van der Waals surface area contributed by atoms with Crippen LogP contribution in [0.3, 0.4) is 0 Å². The number of hydrogen-bond donors (Lipinski definition) is 1. The van der Waals surface area contributed by atoms with E-state index in [1.165, 1.54) is 23.5 Å². The van der Waals surface area contributed by atoms with Gasteiger partial charge in [-0.05, 0) is 47.9 Å². The van der Waals surface area contributed by atoms with Gasteiger partial charge >= 0.3 is 0 Å². The second-order valence-electron chi connectivity index (χ2n) is 6.83. The molecule has 0 aliphatic carbocycles. The molecule has 0 fully saturated rings. The maximum absolute atomic E-state index is 13.5. The lowest BCUT2D eigenvalue weighted by atomic mass is 9.99. The topological polar surface area (TPSA) is 76.1 Å². The molecule has 0 radical (unpaired) electrons. The monoisotopic (exact) mass is 441 g/mol. The summed E-state index contributed by atoms with van der Waals surface area (Å²) in [5, 5.41) is 10.5. The third-order valence-corrected chi connectivity index (χ3v) is 7.20. The number of sulfonamides is 1. The zero-order chi connectivity index (χ0) is 21.6. The van der Waals surface area contributed by atoms with Crippen molar-refractivity contribution in [3.8, 4) is 11.5 Å². The molecule has 1 N–H and O–H groups in total. The highest BCUT2D eigenvalue weighted by Crippen LogP contribution is 2.31. The van der Waals surface area contributed by atoms with Gasteiger partial charge in [-0.15, -0.1) is 0 Å². The molecule has 2 aromatic rings. The molecule has 0 saturated heterocycles. The van der Waals surface area contributed by atoms with Crippen LogP contribution in [0.15, 0.2) is 47.4 Å². The van der Waals surface area contributed by atoms with E-state index in [2.05, 4.69) is 0 Å². The lowest BCUT2D eigenvalue weighted by molar-refractivity contribution is 0.139. The summed E-state index contributed by atoms with van der Waals surface area (Å²) < 4.78 is 38.9. The predicted molar refractivity (Wildman–Crippen MR) is 114 cm³/mol. The van der Waals surface area contributed by atoms with Crippen LogP contribution in [0, 0.1) is 5.92 Å². The Kier molecular flexibility index (Phi) is 8.34. The first-order valence-corrected chi connectivity index (χ1v) is 11.2. The van der Waals surface area contributed by atoms with Crippen LogP contribution in [0.5, 0.6) is 11.5 Å². The molecule has 160 valence electrons. The first kappa shape index (κ1) is 23.5. The van der Waals surface area contributed by atoms with E-state index in [4.69, 9.17) is 21.1 Å². The van der Waals surface area contributed by atoms with E-state index in [0.717, 1.165) is 12.0 Å². The van der Waals surface area contributed by atoms with E-state index in [1.54, 1.807) is 37.4 Å². The van der Waals surface area contributed by atoms with Crippen LogP contribution >= 0.6 is 11.6 Å². The third-order valence-electron chi connectivity index (χ3n) is 5.06. The summed E-state index contributed by atoms with van der Waals surface area (Å²) >= 11 is 5.92. The van der Waals surface area contributed by atoms with E-state index < -0.39 is 16.1 Å². The van der Waals surface area contributed by atoms with E-state index in [1.807, 2.05) is 13.8 Å². The van der Waals surface area contributed by atoms with Crippen LogP contribution in [0.2, 0.25) is 5.02 Å². The minimum atomic E-state index is -3.88. The minimum absolute atomic E-state index is 0.0396. The van der Waals surface area contributed by atoms with E-state index >= 15 is 0 Å². The summed E-state index contributed by atoms with van der Waals surface area (Å²) in [5.74, 6) is 1.03. The number of ether oxygens (including phenoxy) is 2. The largest absolute Gasteiger partial charge is 0.493 e. The number of halogens is 1. The average Bonchev–Trinajstić information content (AvgIpc) is 2.73. The molecule has 0 aliphatic heterocycles. The number of methoxy groups -OCH3 is 2. The summed E-state index contributed by atoms with van der Waals surface area (Å²) in [6.45, 7) is 3.70. The Hall–Kier alpha value is -1.80. The standard InChI is InChI=1S/C21H28ClNO5S/c1-5-15(2)19(14-24)23(29(25,26)18-9-7-17(22)8-10-18)13-16-6-11-20(27-3)21(12-16)28-4/h6-12,15,19,24H,5,13-14H2,1-4H3. The summed E-state index contributed by atoms with van der Waals surface area (Å²) in [4.78, 5) is 0.129. The van der Waals surface area contributed by atoms with E-state index in [-0.39, 0.29) is 24.0 Å². The van der Waals surface area contributed by atoms with Gasteiger partial charge in [0.05, 0.1) is 31.8 Å². The number of rotatable bonds is 10. The molecule has 8 heteroatoms. The van der Waals surface area contributed by atoms with Gasteiger partial charge in [0.1, 0.15) is 0 Å². The van der Waals surface area contributed by atoms with Crippen LogP contribution in [0.25, 0.3) is 0 Å². The molecular weight excluding hydrogens is 414 g/mol. The minimum Gasteiger partial charge on any atom is -0.493 e. The Morgan fingerprint density at radius 1 is 1.07 bits per heavy atom. The molecule has 2 atom stereocenters. The van der Waals surface area contributed by atoms with Crippen molar-refractivity contribution in [3.05, 3.63) is 53.1 Å². The third kappa shape index (κ3) is 5.42. The van der Waals surface area contributed by atoms with Gasteiger partial charge in [0, 0.05) is 11.6 Å². The van der Waals surface area contributed by atoms with Crippen LogP contribution in [-0.2, 0) is 16.6 Å². The average molecular weight is 442 g/mol. The van der Waals surface area contributed by atoms with Gasteiger partial charge in [0.15, 0.2) is 11.5 Å². The van der Waals surface area contributed by atoms with Crippen molar-refractivity contribution in [1.29, 1.82) is 0 Å². The molecule has 6 nitrogen and oxygen atoms in total. The highest BCUT2D eigenvalue weighted by Gasteiger charge is 2.34. The van der Waals surface area contributed by atoms with Crippen molar-refractivity contribution in [2.45, 2.75) is 37.8 Å². The summed E-state index contributed by atoms with van der Waals surface area (Å²) in [5.41, 5.74) is 0.724. The Bertz CT molecular complexity index is 902. The Labute approximate surface area is 178 Å². The van der Waals surface area contributed by atoms with Gasteiger partial charge in [-0.2, -0.15) is 4.31 Å². The molecule has 2 aromatic carbocycles. The maximum Gasteiger partial charge on any atom is 0.243 e. The lowest BCUT2D eigenvalue weighted by Crippen LogP contribution is -2.45. The van der Waals surface area contributed by atoms with Gasteiger partial charge in [-0.1, -0.05) is 37.9 Å². The SMILES string of the molecule is CCC(C)C(CO)N(Cc1ccc(OC)c(OC)c1)S(=O)(=O)c1ccc(Cl)cc1. The molecular formula is C21H28ClNO5S. The number of nitrogens with zero attached hydrogens (tertiary/aromatic N) is 1. The van der Waals surface area contributed by atoms with Crippen molar-refractivity contribution >= 4 is 21.6 Å². The first-order chi connectivity index (χ1) is 13.8. The molecule has 0 saturated carbocycles. The van der Waals surface area contributed by atoms with Crippen LogP contribution in [0.1, 0.15) is 25.8 Å². The summed E-state index contributed by atoms with van der Waals surface area (Å²) in [6, 6.07) is 10.7. The van der Waals surface area contributed by atoms with Crippen LogP contribution in [-0.4, -0.2) is 44.7 Å². The molecule has 0 aliphatic rings. The maximum atomic E-state index is 13.5. The van der Waals surface area contributed by atoms with Gasteiger partial charge in [0.2, 0.25) is 10.0 Å². The molecule has 2 unspecified atom stereocenters. The molecule has 0 bridgehead atoms. The highest BCUT2D eigenvalue weighted by molar-refractivity contribution is 7.89. The van der Waals surface area contributed by atoms with Gasteiger partial charge in [-0.25, -0.2) is 8.42 Å². The van der Waals surface area contributed by atoms with Gasteiger partial charge in [0.25, 0.3) is 0 Å². The van der Waals surface area contributed by atoms with Crippen molar-refractivity contribution in [2.75, 3.05) is 20.8 Å². The lowest BCUT2D eigenvalue weighted by Gasteiger charge is -2.33. The van der Waals surface area contributed by atoms with Gasteiger partial charge in [-0.3, -0.25) is 0 Å². The van der Waals surface area contributed by atoms with Crippen molar-refractivity contribution < 1.29 is 23.0 Å². The first-order valence-electron chi connectivity index (χ1n) is 9.37. The fraction of sp³-hybridized carbons (Fsp3) is 0.429. The number of hydrogen-bond acceptors (Lipinski definition) is 5. The van der Waals surface area contributed by atoms with Crippen molar-refractivity contribution in [3.63, 3.8) is 0 Å². The molecule has 2 rings (SSSR count). The molecule has 0 spiro atoms. The Morgan fingerprint density at radius 3 is 2.21 bits per heavy atom. The van der Waals surface area contributed by atoms with Crippen molar-refractivity contribution in [2.24, 2.45) is 5.92 Å². The second kappa shape index (κ2) is 10.3. The van der Waals surface area contributed by atoms with E-state index in [9.17, 15) is 13.5 Å². The number of aliphatic hydroxyl groups excluding tert-OH is 1. The van der Waals surface area contributed by atoms with E-state index in [0.29, 0.717) is 16.5 Å². The molecule has 0 aromatic heterocycles. The molecule has 0 amide bonds. The predicted octanol–water partition coefficient (Wildman–Crippen LogP) is 3.96. The zero-order valence-electron chi connectivity index (χ0n) is 17.1. The summed E-state index contributed by atoms with van der Waals surface area (Å²) in [6.07, 6.45) is 0.726. The highest BCUT2D eigenvalue weighted by atomic mass is 35.5. The smallest absolute Gasteiger partial charge is 0.243 e. The fourth-order valence-corrected chi connectivity index (χ4v) is 4.94. The quantitative estimate of drug-likeness (QED) is 0.604. The number of aliphatic hydroxyl groups is 1. The molecule has 29 heavy (non-hydrogen) atoms. The molecule has 0 heterocycles. The fourth-order valence-electron chi connectivity index (χ4n) is 3.11. The Balaban J connectivity index is 2.51. The van der Waals surface area contributed by atoms with Gasteiger partial charge < -0.3 is 14.6 Å². The van der Waals surface area contributed by atoms with Crippen LogP contribution in [0.4, 0.5) is 0 Å². The normalized spacial score (nSPS) is 13.9. The summed E-state index contributed by atoms with van der Waals surface area (Å²) in [7, 11) is -0.807. The second-order valence-corrected chi connectivity index (χ2v) is 9.16. The zero-order valence-corrected chi connectivity index (χ0v) is 18.7. The number of benzene rings is 2. The Morgan fingerprint density at radius 2 is 1.69 bits per heavy atom. The van der Waals surface area contributed by atoms with Crippen molar-refractivity contribution in [1.82, 2.24) is 4.31 Å².